The lowest BCUT2D eigenvalue weighted by molar-refractivity contribution is -0.132. The first-order chi connectivity index (χ1) is 15.3. The highest BCUT2D eigenvalue weighted by molar-refractivity contribution is 6.51. The third kappa shape index (κ3) is 3.62. The maximum Gasteiger partial charge on any atom is 0.300 e. The van der Waals surface area contributed by atoms with Gasteiger partial charge >= 0.3 is 0 Å². The fourth-order valence-electron chi connectivity index (χ4n) is 3.81. The minimum atomic E-state index is -0.876. The van der Waals surface area contributed by atoms with Gasteiger partial charge in [-0.1, -0.05) is 6.07 Å². The molecule has 4 rings (SSSR count). The molecule has 162 valence electrons. The normalized spacial score (nSPS) is 17.6. The van der Waals surface area contributed by atoms with Crippen molar-refractivity contribution in [3.8, 4) is 0 Å². The number of pyridine rings is 1. The molecular weight excluding hydrogens is 409 g/mol. The van der Waals surface area contributed by atoms with Gasteiger partial charge in [-0.2, -0.15) is 0 Å². The molecule has 1 N–H and O–H groups in total. The monoisotopic (exact) mass is 431 g/mol. The number of carbonyl (C=O) groups excluding carboxylic acids is 2. The molecule has 2 heterocycles. The van der Waals surface area contributed by atoms with Crippen molar-refractivity contribution in [2.45, 2.75) is 13.0 Å². The Labute approximate surface area is 185 Å². The van der Waals surface area contributed by atoms with Gasteiger partial charge in [-0.05, 0) is 66.6 Å². The Morgan fingerprint density at radius 1 is 1.09 bits per heavy atom. The van der Waals surface area contributed by atoms with E-state index < -0.39 is 23.5 Å². The van der Waals surface area contributed by atoms with Crippen LogP contribution >= 0.6 is 0 Å². The van der Waals surface area contributed by atoms with E-state index in [9.17, 15) is 19.1 Å². The van der Waals surface area contributed by atoms with Crippen LogP contribution in [0.25, 0.3) is 5.76 Å². The van der Waals surface area contributed by atoms with Crippen LogP contribution in [-0.2, 0) is 9.59 Å². The van der Waals surface area contributed by atoms with Gasteiger partial charge in [-0.3, -0.25) is 19.5 Å². The lowest BCUT2D eigenvalue weighted by Gasteiger charge is -2.25. The summed E-state index contributed by atoms with van der Waals surface area (Å²) in [5.41, 5.74) is 2.54. The third-order valence-electron chi connectivity index (χ3n) is 5.52. The van der Waals surface area contributed by atoms with E-state index in [1.807, 2.05) is 31.1 Å². The van der Waals surface area contributed by atoms with Gasteiger partial charge < -0.3 is 10.0 Å². The number of aryl methyl sites for hydroxylation is 1. The van der Waals surface area contributed by atoms with Crippen LogP contribution in [0.5, 0.6) is 0 Å². The van der Waals surface area contributed by atoms with Crippen molar-refractivity contribution in [2.75, 3.05) is 23.9 Å². The van der Waals surface area contributed by atoms with Gasteiger partial charge in [0, 0.05) is 43.4 Å². The number of ketones is 1. The van der Waals surface area contributed by atoms with Crippen molar-refractivity contribution in [1.82, 2.24) is 4.98 Å². The van der Waals surface area contributed by atoms with E-state index in [1.165, 1.54) is 23.1 Å². The van der Waals surface area contributed by atoms with Crippen molar-refractivity contribution in [1.29, 1.82) is 0 Å². The third-order valence-corrected chi connectivity index (χ3v) is 5.52. The Morgan fingerprint density at radius 3 is 2.41 bits per heavy atom. The number of benzene rings is 2. The second kappa shape index (κ2) is 8.26. The average molecular weight is 431 g/mol. The Bertz CT molecular complexity index is 1220. The Hall–Kier alpha value is -4.00. The highest BCUT2D eigenvalue weighted by Gasteiger charge is 2.47. The minimum absolute atomic E-state index is 0.0642. The van der Waals surface area contributed by atoms with Gasteiger partial charge in [0.15, 0.2) is 0 Å². The molecule has 1 aliphatic rings. The standard InChI is InChI=1S/C25H22FN3O3/c1-15-13-16(6-11-20(15)26)23(30)21-22(17-5-4-12-27-14-17)29(25(32)24(21)31)19-9-7-18(8-10-19)28(2)3/h4-14,22,30H,1-3H3/b23-21-. The second-order valence-electron chi connectivity index (χ2n) is 7.83. The number of hydrogen-bond donors (Lipinski definition) is 1. The topological polar surface area (TPSA) is 73.7 Å². The van der Waals surface area contributed by atoms with Crippen molar-refractivity contribution in [3.05, 3.63) is 95.1 Å². The van der Waals surface area contributed by atoms with Crippen LogP contribution in [0.1, 0.15) is 22.7 Å². The summed E-state index contributed by atoms with van der Waals surface area (Å²) in [6, 6.07) is 13.8. The molecule has 1 saturated heterocycles. The van der Waals surface area contributed by atoms with Crippen LogP contribution < -0.4 is 9.80 Å². The van der Waals surface area contributed by atoms with Crippen LogP contribution in [0.15, 0.2) is 72.6 Å². The lowest BCUT2D eigenvalue weighted by atomic mass is 9.95. The predicted octanol–water partition coefficient (Wildman–Crippen LogP) is 4.22. The molecule has 1 aromatic heterocycles. The van der Waals surface area contributed by atoms with E-state index in [-0.39, 0.29) is 16.9 Å². The summed E-state index contributed by atoms with van der Waals surface area (Å²) >= 11 is 0. The Morgan fingerprint density at radius 2 is 1.81 bits per heavy atom. The molecule has 0 aliphatic carbocycles. The number of hydrogen-bond acceptors (Lipinski definition) is 5. The van der Waals surface area contributed by atoms with Gasteiger partial charge in [-0.15, -0.1) is 0 Å². The summed E-state index contributed by atoms with van der Waals surface area (Å²) < 4.78 is 13.8. The first kappa shape index (κ1) is 21.2. The van der Waals surface area contributed by atoms with Crippen molar-refractivity contribution in [2.24, 2.45) is 0 Å². The molecule has 2 aromatic carbocycles. The molecule has 3 aromatic rings. The molecule has 1 amide bonds. The molecule has 1 fully saturated rings. The molecule has 1 aliphatic heterocycles. The van der Waals surface area contributed by atoms with E-state index in [2.05, 4.69) is 4.98 Å². The largest absolute Gasteiger partial charge is 0.507 e. The van der Waals surface area contributed by atoms with Gasteiger partial charge in [0.25, 0.3) is 11.7 Å². The second-order valence-corrected chi connectivity index (χ2v) is 7.83. The zero-order chi connectivity index (χ0) is 23.0. The maximum atomic E-state index is 13.8. The molecule has 1 unspecified atom stereocenters. The highest BCUT2D eigenvalue weighted by Crippen LogP contribution is 2.42. The van der Waals surface area contributed by atoms with Crippen LogP contribution in [0, 0.1) is 12.7 Å². The number of amides is 1. The summed E-state index contributed by atoms with van der Waals surface area (Å²) in [7, 11) is 3.81. The molecule has 32 heavy (non-hydrogen) atoms. The number of nitrogens with zero attached hydrogens (tertiary/aromatic N) is 3. The molecule has 0 radical (unpaired) electrons. The van der Waals surface area contributed by atoms with Crippen LogP contribution in [0.2, 0.25) is 0 Å². The van der Waals surface area contributed by atoms with E-state index in [1.54, 1.807) is 43.6 Å². The van der Waals surface area contributed by atoms with E-state index in [4.69, 9.17) is 0 Å². The molecule has 1 atom stereocenters. The molecule has 0 saturated carbocycles. The van der Waals surface area contributed by atoms with E-state index >= 15 is 0 Å². The maximum absolute atomic E-state index is 13.8. The van der Waals surface area contributed by atoms with Crippen molar-refractivity contribution in [3.63, 3.8) is 0 Å². The zero-order valence-electron chi connectivity index (χ0n) is 17.9. The number of halogens is 1. The first-order valence-corrected chi connectivity index (χ1v) is 10.0. The summed E-state index contributed by atoms with van der Waals surface area (Å²) in [5.74, 6) is -2.34. The van der Waals surface area contributed by atoms with Crippen LogP contribution in [0.4, 0.5) is 15.8 Å². The van der Waals surface area contributed by atoms with Gasteiger partial charge in [0.05, 0.1) is 11.6 Å². The summed E-state index contributed by atoms with van der Waals surface area (Å²) in [6.07, 6.45) is 3.14. The summed E-state index contributed by atoms with van der Waals surface area (Å²) in [5, 5.41) is 11.1. The number of rotatable bonds is 4. The van der Waals surface area contributed by atoms with Crippen molar-refractivity contribution >= 4 is 28.8 Å². The van der Waals surface area contributed by atoms with Gasteiger partial charge in [0.2, 0.25) is 0 Å². The zero-order valence-corrected chi connectivity index (χ0v) is 17.9. The highest BCUT2D eigenvalue weighted by atomic mass is 19.1. The number of aliphatic hydroxyl groups excluding tert-OH is 1. The lowest BCUT2D eigenvalue weighted by Crippen LogP contribution is -2.29. The molecule has 7 heteroatoms. The molecular formula is C25H22FN3O3. The quantitative estimate of drug-likeness (QED) is 0.380. The Balaban J connectivity index is 1.90. The first-order valence-electron chi connectivity index (χ1n) is 10.0. The Kier molecular flexibility index (Phi) is 5.48. The predicted molar refractivity (Wildman–Crippen MR) is 121 cm³/mol. The fraction of sp³-hybridized carbons (Fsp3) is 0.160. The smallest absolute Gasteiger partial charge is 0.300 e. The van der Waals surface area contributed by atoms with Crippen LogP contribution in [-0.4, -0.2) is 35.9 Å². The molecule has 6 nitrogen and oxygen atoms in total. The molecule has 0 spiro atoms. The summed E-state index contributed by atoms with van der Waals surface area (Å²) in [6.45, 7) is 1.57. The van der Waals surface area contributed by atoms with Crippen molar-refractivity contribution < 1.29 is 19.1 Å². The minimum Gasteiger partial charge on any atom is -0.507 e. The summed E-state index contributed by atoms with van der Waals surface area (Å²) in [4.78, 5) is 33.6. The van der Waals surface area contributed by atoms with Gasteiger partial charge in [0.1, 0.15) is 11.6 Å². The number of aromatic nitrogens is 1. The average Bonchev–Trinajstić information content (AvgIpc) is 3.06. The number of anilines is 2. The number of carbonyl (C=O) groups is 2. The number of Topliss-reactive ketones (excluding diaryl/α,β-unsaturated/α-hetero) is 1. The van der Waals surface area contributed by atoms with E-state index in [0.717, 1.165) is 5.69 Å². The molecule has 0 bridgehead atoms. The van der Waals surface area contributed by atoms with E-state index in [0.29, 0.717) is 16.8 Å². The number of aliphatic hydroxyl groups is 1. The fourth-order valence-corrected chi connectivity index (χ4v) is 3.81. The SMILES string of the molecule is Cc1cc(/C(O)=C2/C(=O)C(=O)N(c3ccc(N(C)C)cc3)C2c2cccnc2)ccc1F. The van der Waals surface area contributed by atoms with Gasteiger partial charge in [-0.25, -0.2) is 4.39 Å². The van der Waals surface area contributed by atoms with Crippen LogP contribution in [0.3, 0.4) is 0 Å².